The van der Waals surface area contributed by atoms with Crippen LogP contribution in [0.5, 0.6) is 0 Å². The zero-order valence-electron chi connectivity index (χ0n) is 14.1. The highest BCUT2D eigenvalue weighted by atomic mass is 35.5. The Hall–Kier alpha value is -2.98. The fraction of sp³-hybridized carbons (Fsp3) is 0.188. The SMILES string of the molecule is COC(=O)Cn1c(=NC(=O)c2ccc([N+](=O)[O-])o2)sc2ccc(Cl)c(C)c21. The number of rotatable bonds is 4. The third-order valence-electron chi connectivity index (χ3n) is 3.72. The number of fused-ring (bicyclic) bond motifs is 1. The van der Waals surface area contributed by atoms with E-state index in [0.29, 0.717) is 10.5 Å². The van der Waals surface area contributed by atoms with Crippen molar-refractivity contribution in [3.05, 3.63) is 55.5 Å². The molecule has 0 saturated heterocycles. The molecule has 0 saturated carbocycles. The van der Waals surface area contributed by atoms with Crippen LogP contribution in [0.25, 0.3) is 10.2 Å². The van der Waals surface area contributed by atoms with Crippen LogP contribution in [0.3, 0.4) is 0 Å². The average Bonchev–Trinajstić information content (AvgIpc) is 3.24. The van der Waals surface area contributed by atoms with Crippen LogP contribution >= 0.6 is 22.9 Å². The van der Waals surface area contributed by atoms with Crippen molar-refractivity contribution in [3.8, 4) is 0 Å². The summed E-state index contributed by atoms with van der Waals surface area (Å²) in [5.74, 6) is -2.18. The molecule has 0 bridgehead atoms. The van der Waals surface area contributed by atoms with Gasteiger partial charge in [0.15, 0.2) is 4.80 Å². The lowest BCUT2D eigenvalue weighted by atomic mass is 10.2. The molecule has 0 atom stereocenters. The van der Waals surface area contributed by atoms with Gasteiger partial charge in [0.25, 0.3) is 0 Å². The summed E-state index contributed by atoms with van der Waals surface area (Å²) in [7, 11) is 1.25. The molecule has 0 aliphatic carbocycles. The number of methoxy groups -OCH3 is 1. The summed E-state index contributed by atoms with van der Waals surface area (Å²) in [6.45, 7) is 1.61. The van der Waals surface area contributed by atoms with E-state index < -0.39 is 22.7 Å². The molecule has 0 N–H and O–H groups in total. The van der Waals surface area contributed by atoms with Crippen molar-refractivity contribution in [1.29, 1.82) is 0 Å². The van der Waals surface area contributed by atoms with E-state index in [9.17, 15) is 19.7 Å². The molecule has 0 radical (unpaired) electrons. The standard InChI is InChI=1S/C16H12ClN3O6S/c1-8-9(17)3-5-11-14(8)19(7-13(21)25-2)16(27-11)18-15(22)10-4-6-12(26-10)20(23)24/h3-6H,7H2,1-2H3. The Bertz CT molecular complexity index is 1140. The third-order valence-corrected chi connectivity index (χ3v) is 5.18. The van der Waals surface area contributed by atoms with Gasteiger partial charge in [0.2, 0.25) is 5.76 Å². The number of aryl methyl sites for hydroxylation is 1. The van der Waals surface area contributed by atoms with Crippen LogP contribution in [0.1, 0.15) is 16.1 Å². The van der Waals surface area contributed by atoms with Gasteiger partial charge < -0.3 is 13.7 Å². The van der Waals surface area contributed by atoms with Gasteiger partial charge in [0.1, 0.15) is 11.5 Å². The summed E-state index contributed by atoms with van der Waals surface area (Å²) in [5.41, 5.74) is 1.37. The molecule has 27 heavy (non-hydrogen) atoms. The number of nitro groups is 1. The second-order valence-corrected chi connectivity index (χ2v) is 6.79. The molecule has 2 heterocycles. The van der Waals surface area contributed by atoms with E-state index in [4.69, 9.17) is 20.8 Å². The lowest BCUT2D eigenvalue weighted by molar-refractivity contribution is -0.402. The highest BCUT2D eigenvalue weighted by molar-refractivity contribution is 7.16. The predicted octanol–water partition coefficient (Wildman–Crippen LogP) is 3.08. The van der Waals surface area contributed by atoms with E-state index in [1.54, 1.807) is 19.1 Å². The second-order valence-electron chi connectivity index (χ2n) is 5.38. The third kappa shape index (κ3) is 3.62. The molecule has 11 heteroatoms. The van der Waals surface area contributed by atoms with Crippen molar-refractivity contribution >= 4 is 50.9 Å². The first-order valence-corrected chi connectivity index (χ1v) is 8.69. The van der Waals surface area contributed by atoms with Crippen molar-refractivity contribution in [1.82, 2.24) is 4.57 Å². The smallest absolute Gasteiger partial charge is 0.433 e. The normalized spacial score (nSPS) is 11.7. The first kappa shape index (κ1) is 18.8. The second kappa shape index (κ2) is 7.33. The van der Waals surface area contributed by atoms with Gasteiger partial charge in [-0.2, -0.15) is 4.99 Å². The van der Waals surface area contributed by atoms with Gasteiger partial charge in [0, 0.05) is 5.02 Å². The highest BCUT2D eigenvalue weighted by Crippen LogP contribution is 2.27. The molecule has 1 aromatic carbocycles. The van der Waals surface area contributed by atoms with Crippen LogP contribution in [0.4, 0.5) is 5.88 Å². The number of hydrogen-bond donors (Lipinski definition) is 0. The summed E-state index contributed by atoms with van der Waals surface area (Å²) in [4.78, 5) is 38.3. The number of aromatic nitrogens is 1. The van der Waals surface area contributed by atoms with E-state index in [1.165, 1.54) is 29.1 Å². The number of amides is 1. The first-order valence-electron chi connectivity index (χ1n) is 7.50. The van der Waals surface area contributed by atoms with Crippen LogP contribution in [0, 0.1) is 17.0 Å². The largest absolute Gasteiger partial charge is 0.468 e. The maximum absolute atomic E-state index is 12.4. The van der Waals surface area contributed by atoms with Crippen LogP contribution < -0.4 is 4.80 Å². The lowest BCUT2D eigenvalue weighted by Gasteiger charge is -2.06. The fourth-order valence-electron chi connectivity index (χ4n) is 2.42. The molecule has 0 aliphatic rings. The average molecular weight is 410 g/mol. The summed E-state index contributed by atoms with van der Waals surface area (Å²) in [6.07, 6.45) is 0. The van der Waals surface area contributed by atoms with Crippen molar-refractivity contribution in [2.45, 2.75) is 13.5 Å². The van der Waals surface area contributed by atoms with Gasteiger partial charge in [-0.3, -0.25) is 19.7 Å². The quantitative estimate of drug-likeness (QED) is 0.371. The van der Waals surface area contributed by atoms with Gasteiger partial charge in [-0.25, -0.2) is 0 Å². The molecular formula is C16H12ClN3O6S. The fourth-order valence-corrected chi connectivity index (χ4v) is 3.66. The van der Waals surface area contributed by atoms with Crippen molar-refractivity contribution in [2.75, 3.05) is 7.11 Å². The van der Waals surface area contributed by atoms with E-state index in [0.717, 1.165) is 16.3 Å². The Labute approximate surface area is 160 Å². The summed E-state index contributed by atoms with van der Waals surface area (Å²) in [5, 5.41) is 11.2. The summed E-state index contributed by atoms with van der Waals surface area (Å²) < 4.78 is 11.9. The molecule has 9 nitrogen and oxygen atoms in total. The Kier molecular flexibility index (Phi) is 5.10. The number of carbonyl (C=O) groups is 2. The van der Waals surface area contributed by atoms with Crippen LogP contribution in [-0.2, 0) is 16.1 Å². The Balaban J connectivity index is 2.16. The lowest BCUT2D eigenvalue weighted by Crippen LogP contribution is -2.22. The van der Waals surface area contributed by atoms with E-state index in [1.807, 2.05) is 0 Å². The van der Waals surface area contributed by atoms with E-state index in [-0.39, 0.29) is 17.1 Å². The number of ether oxygens (including phenoxy) is 1. The predicted molar refractivity (Wildman–Crippen MR) is 96.8 cm³/mol. The number of thiazole rings is 1. The number of furan rings is 1. The maximum atomic E-state index is 12.4. The first-order chi connectivity index (χ1) is 12.8. The van der Waals surface area contributed by atoms with Gasteiger partial charge in [-0.1, -0.05) is 22.9 Å². The highest BCUT2D eigenvalue weighted by Gasteiger charge is 2.19. The molecule has 1 amide bonds. The molecule has 2 aromatic heterocycles. The maximum Gasteiger partial charge on any atom is 0.433 e. The molecule has 3 rings (SSSR count). The Morgan fingerprint density at radius 2 is 2.11 bits per heavy atom. The van der Waals surface area contributed by atoms with Crippen LogP contribution in [-0.4, -0.2) is 28.5 Å². The number of nitrogens with zero attached hydrogens (tertiary/aromatic N) is 3. The number of esters is 1. The molecule has 0 fully saturated rings. The Morgan fingerprint density at radius 3 is 2.74 bits per heavy atom. The topological polar surface area (TPSA) is 117 Å². The van der Waals surface area contributed by atoms with Crippen molar-refractivity contribution in [3.63, 3.8) is 0 Å². The minimum atomic E-state index is -0.808. The summed E-state index contributed by atoms with van der Waals surface area (Å²) in [6, 6.07) is 5.70. The van der Waals surface area contributed by atoms with Gasteiger partial charge in [0.05, 0.1) is 23.4 Å². The number of halogens is 1. The molecule has 3 aromatic rings. The molecule has 140 valence electrons. The number of hydrogen-bond acceptors (Lipinski definition) is 7. The van der Waals surface area contributed by atoms with E-state index >= 15 is 0 Å². The summed E-state index contributed by atoms with van der Waals surface area (Å²) >= 11 is 7.34. The molecular weight excluding hydrogens is 398 g/mol. The molecule has 0 aliphatic heterocycles. The minimum Gasteiger partial charge on any atom is -0.468 e. The minimum absolute atomic E-state index is 0.178. The monoisotopic (exact) mass is 409 g/mol. The van der Waals surface area contributed by atoms with Gasteiger partial charge in [-0.15, -0.1) is 0 Å². The van der Waals surface area contributed by atoms with Crippen LogP contribution in [0.15, 0.2) is 33.7 Å². The Morgan fingerprint density at radius 1 is 1.37 bits per heavy atom. The number of benzene rings is 1. The van der Waals surface area contributed by atoms with Crippen LogP contribution in [0.2, 0.25) is 5.02 Å². The molecule has 0 unspecified atom stereocenters. The zero-order chi connectivity index (χ0) is 19.7. The number of carbonyl (C=O) groups excluding carboxylic acids is 2. The molecule has 0 spiro atoms. The van der Waals surface area contributed by atoms with Crippen molar-refractivity contribution < 1.29 is 23.7 Å². The van der Waals surface area contributed by atoms with Gasteiger partial charge >= 0.3 is 17.8 Å². The van der Waals surface area contributed by atoms with Crippen molar-refractivity contribution in [2.24, 2.45) is 4.99 Å². The van der Waals surface area contributed by atoms with Gasteiger partial charge in [-0.05, 0) is 30.7 Å². The zero-order valence-corrected chi connectivity index (χ0v) is 15.7. The van der Waals surface area contributed by atoms with E-state index in [2.05, 4.69) is 4.99 Å².